The fourth-order valence-electron chi connectivity index (χ4n) is 2.28. The van der Waals surface area contributed by atoms with E-state index in [0.717, 1.165) is 23.9 Å². The minimum Gasteiger partial charge on any atom is -0.478 e. The van der Waals surface area contributed by atoms with Crippen LogP contribution in [0.1, 0.15) is 0 Å². The van der Waals surface area contributed by atoms with Gasteiger partial charge in [-0.3, -0.25) is 4.79 Å². The van der Waals surface area contributed by atoms with Gasteiger partial charge in [0, 0.05) is 10.6 Å². The van der Waals surface area contributed by atoms with Crippen LogP contribution >= 0.6 is 11.8 Å². The molecule has 2 rings (SSSR count). The Morgan fingerprint density at radius 3 is 2.25 bits per heavy atom. The quantitative estimate of drug-likeness (QED) is 0.487. The number of nitrogens with zero attached hydrogens (tertiary/aromatic N) is 1. The molecular formula is C18H21F2N2O4S2+. The summed E-state index contributed by atoms with van der Waals surface area (Å²) in [6.45, 7) is -0.422. The molecule has 1 amide bonds. The van der Waals surface area contributed by atoms with E-state index in [1.54, 1.807) is 32.3 Å². The Balaban J connectivity index is 2.05. The predicted molar refractivity (Wildman–Crippen MR) is 102 cm³/mol. The maximum absolute atomic E-state index is 14.0. The number of hydrogen-bond donors (Lipinski definition) is 1. The molecule has 152 valence electrons. The molecule has 2 aromatic carbocycles. The number of amides is 1. The molecule has 0 aliphatic heterocycles. The highest BCUT2D eigenvalue weighted by Gasteiger charge is 2.34. The Bertz CT molecular complexity index is 928. The molecule has 6 nitrogen and oxygen atoms in total. The van der Waals surface area contributed by atoms with Gasteiger partial charge >= 0.3 is 10.0 Å². The molecule has 2 N–H and O–H groups in total. The van der Waals surface area contributed by atoms with Crippen molar-refractivity contribution in [2.24, 2.45) is 5.73 Å². The highest BCUT2D eigenvalue weighted by atomic mass is 32.2. The molecule has 0 heterocycles. The Morgan fingerprint density at radius 1 is 1.14 bits per heavy atom. The second-order valence-corrected chi connectivity index (χ2v) is 9.98. The fraction of sp³-hybridized carbons (Fsp3) is 0.278. The number of carbonyl (C=O) groups excluding carboxylic acids is 1. The van der Waals surface area contributed by atoms with E-state index in [0.29, 0.717) is 5.75 Å². The molecule has 0 unspecified atom stereocenters. The summed E-state index contributed by atoms with van der Waals surface area (Å²) in [7, 11) is -0.499. The Kier molecular flexibility index (Phi) is 7.02. The number of benzene rings is 2. The molecular weight excluding hydrogens is 410 g/mol. The summed E-state index contributed by atoms with van der Waals surface area (Å²) in [6.07, 6.45) is 0. The molecule has 0 atom stereocenters. The van der Waals surface area contributed by atoms with E-state index < -0.39 is 39.9 Å². The number of sulfonamides is 1. The van der Waals surface area contributed by atoms with Gasteiger partial charge in [-0.15, -0.1) is 11.8 Å². The Hall–Kier alpha value is -2.17. The van der Waals surface area contributed by atoms with Gasteiger partial charge in [0.05, 0.1) is 14.1 Å². The summed E-state index contributed by atoms with van der Waals surface area (Å²) in [5.74, 6) is -3.15. The lowest BCUT2D eigenvalue weighted by Crippen LogP contribution is -2.46. The van der Waals surface area contributed by atoms with Gasteiger partial charge < -0.3 is 10.5 Å². The van der Waals surface area contributed by atoms with Crippen molar-refractivity contribution in [3.05, 3.63) is 54.1 Å². The van der Waals surface area contributed by atoms with Crippen molar-refractivity contribution in [1.29, 1.82) is 0 Å². The van der Waals surface area contributed by atoms with Crippen LogP contribution in [0.3, 0.4) is 0 Å². The summed E-state index contributed by atoms with van der Waals surface area (Å²) >= 11 is 1.11. The number of primary amides is 1. The first-order valence-corrected chi connectivity index (χ1v) is 10.6. The zero-order valence-corrected chi connectivity index (χ0v) is 17.0. The third kappa shape index (κ3) is 5.21. The van der Waals surface area contributed by atoms with Crippen molar-refractivity contribution < 1.29 is 30.6 Å². The molecule has 0 aromatic heterocycles. The maximum Gasteiger partial charge on any atom is 0.326 e. The number of rotatable bonds is 9. The van der Waals surface area contributed by atoms with Crippen molar-refractivity contribution >= 4 is 27.7 Å². The van der Waals surface area contributed by atoms with Gasteiger partial charge in [-0.1, -0.05) is 18.2 Å². The van der Waals surface area contributed by atoms with Crippen LogP contribution in [0.15, 0.2) is 52.3 Å². The van der Waals surface area contributed by atoms with Crippen LogP contribution in [-0.4, -0.2) is 51.2 Å². The van der Waals surface area contributed by atoms with Gasteiger partial charge in [0.1, 0.15) is 11.4 Å². The molecule has 2 aromatic rings. The van der Waals surface area contributed by atoms with Crippen LogP contribution < -0.4 is 10.5 Å². The Labute approximate surface area is 166 Å². The van der Waals surface area contributed by atoms with Crippen LogP contribution in [-0.2, 0) is 14.8 Å². The summed E-state index contributed by atoms with van der Waals surface area (Å²) in [5, 5.41) is 0. The minimum absolute atomic E-state index is 0.207. The molecule has 0 bridgehead atoms. The van der Waals surface area contributed by atoms with Crippen LogP contribution in [0.5, 0.6) is 5.75 Å². The van der Waals surface area contributed by atoms with Gasteiger partial charge in [-0.05, 0) is 24.3 Å². The van der Waals surface area contributed by atoms with E-state index in [1.807, 2.05) is 0 Å². The molecule has 0 spiro atoms. The molecule has 28 heavy (non-hydrogen) atoms. The topological polar surface area (TPSA) is 86.5 Å². The number of carbonyl (C=O) groups is 1. The molecule has 0 saturated heterocycles. The zero-order chi connectivity index (χ0) is 20.9. The lowest BCUT2D eigenvalue weighted by Gasteiger charge is -2.28. The fourth-order valence-corrected chi connectivity index (χ4v) is 4.96. The summed E-state index contributed by atoms with van der Waals surface area (Å²) in [4.78, 5) is 11.2. The maximum atomic E-state index is 14.0. The molecule has 0 fully saturated rings. The zero-order valence-electron chi connectivity index (χ0n) is 15.4. The molecule has 0 saturated carbocycles. The molecule has 0 aliphatic carbocycles. The van der Waals surface area contributed by atoms with E-state index >= 15 is 0 Å². The second-order valence-electron chi connectivity index (χ2n) is 6.41. The van der Waals surface area contributed by atoms with E-state index in [1.165, 1.54) is 12.1 Å². The van der Waals surface area contributed by atoms with Crippen molar-refractivity contribution in [2.75, 3.05) is 33.0 Å². The third-order valence-electron chi connectivity index (χ3n) is 3.92. The number of thioether (sulfide) groups is 1. The lowest BCUT2D eigenvalue weighted by atomic mass is 10.3. The summed E-state index contributed by atoms with van der Waals surface area (Å²) in [6, 6.07) is 10.2. The number of hydrogen-bond acceptors (Lipinski definition) is 5. The highest BCUT2D eigenvalue weighted by molar-refractivity contribution is 7.99. The van der Waals surface area contributed by atoms with Crippen LogP contribution in [0.25, 0.3) is 0 Å². The van der Waals surface area contributed by atoms with E-state index in [9.17, 15) is 22.0 Å². The Morgan fingerprint density at radius 2 is 1.71 bits per heavy atom. The van der Waals surface area contributed by atoms with Gasteiger partial charge in [0.15, 0.2) is 24.0 Å². The smallest absolute Gasteiger partial charge is 0.326 e. The van der Waals surface area contributed by atoms with Crippen molar-refractivity contribution in [3.63, 3.8) is 0 Å². The normalized spacial score (nSPS) is 12.0. The van der Waals surface area contributed by atoms with Crippen molar-refractivity contribution in [2.45, 2.75) is 9.79 Å². The van der Waals surface area contributed by atoms with Crippen molar-refractivity contribution in [3.8, 4) is 5.75 Å². The monoisotopic (exact) mass is 431 g/mol. The third-order valence-corrected chi connectivity index (χ3v) is 7.23. The standard InChI is InChI=1S/C18H20F2N2O4S2/c1-22(2,28(24,25)14-6-4-3-5-7-14)8-9-27-13-10-15(19)18(16(20)11-13)26-12-17(21)23/h3-7,10-11H,8-9,12H2,1-2H3,(H-,21,23)/p+1. The lowest BCUT2D eigenvalue weighted by molar-refractivity contribution is -0.759. The number of nitrogens with two attached hydrogens (primary N) is 1. The number of ether oxygens (including phenoxy) is 1. The first-order valence-electron chi connectivity index (χ1n) is 8.21. The van der Waals surface area contributed by atoms with Crippen LogP contribution in [0, 0.1) is 11.6 Å². The summed E-state index contributed by atoms with van der Waals surface area (Å²) in [5.41, 5.74) is 4.89. The first-order chi connectivity index (χ1) is 13.0. The van der Waals surface area contributed by atoms with Crippen LogP contribution in [0.2, 0.25) is 0 Å². The van der Waals surface area contributed by atoms with Crippen LogP contribution in [0.4, 0.5) is 8.78 Å². The number of quaternary nitrogens is 1. The first kappa shape index (κ1) is 22.1. The van der Waals surface area contributed by atoms with E-state index in [-0.39, 0.29) is 20.2 Å². The van der Waals surface area contributed by atoms with Gasteiger partial charge in [-0.2, -0.15) is 8.42 Å². The molecule has 10 heteroatoms. The van der Waals surface area contributed by atoms with E-state index in [4.69, 9.17) is 10.5 Å². The number of halogens is 2. The minimum atomic E-state index is -3.62. The van der Waals surface area contributed by atoms with Gasteiger partial charge in [0.25, 0.3) is 5.91 Å². The average Bonchev–Trinajstić information content (AvgIpc) is 2.61. The predicted octanol–water partition coefficient (Wildman–Crippen LogP) is 2.39. The van der Waals surface area contributed by atoms with Gasteiger partial charge in [-0.25, -0.2) is 12.7 Å². The SMILES string of the molecule is C[N+](C)(CCSc1cc(F)c(OCC(N)=O)c(F)c1)S(=O)(=O)c1ccccc1. The summed E-state index contributed by atoms with van der Waals surface area (Å²) < 4.78 is 57.9. The van der Waals surface area contributed by atoms with E-state index in [2.05, 4.69) is 0 Å². The van der Waals surface area contributed by atoms with Crippen molar-refractivity contribution in [1.82, 2.24) is 0 Å². The average molecular weight is 432 g/mol. The molecule has 0 radical (unpaired) electrons. The molecule has 0 aliphatic rings. The van der Waals surface area contributed by atoms with Gasteiger partial charge in [0.2, 0.25) is 0 Å². The second kappa shape index (κ2) is 8.89. The highest BCUT2D eigenvalue weighted by Crippen LogP contribution is 2.29. The largest absolute Gasteiger partial charge is 0.478 e.